The van der Waals surface area contributed by atoms with Crippen molar-refractivity contribution >= 4 is 11.8 Å². The van der Waals surface area contributed by atoms with Crippen LogP contribution in [0.25, 0.3) is 0 Å². The zero-order valence-corrected chi connectivity index (χ0v) is 15.3. The Morgan fingerprint density at radius 2 is 2.24 bits per heavy atom. The summed E-state index contributed by atoms with van der Waals surface area (Å²) in [6.45, 7) is 8.08. The number of hydrogen-bond donors (Lipinski definition) is 2. The minimum atomic E-state index is -0.498. The number of amides is 2. The van der Waals surface area contributed by atoms with E-state index in [2.05, 4.69) is 5.32 Å². The molecule has 0 saturated carbocycles. The first kappa shape index (κ1) is 19.5. The second kappa shape index (κ2) is 9.01. The smallest absolute Gasteiger partial charge is 0.237 e. The number of carbonyl (C=O) groups excluding carboxylic acids is 2. The Labute approximate surface area is 149 Å². The Hall–Kier alpha value is -1.86. The molecule has 1 aliphatic rings. The number of nitrogens with zero attached hydrogens (tertiary/aromatic N) is 2. The van der Waals surface area contributed by atoms with Gasteiger partial charge in [-0.3, -0.25) is 14.5 Å². The molecule has 2 heterocycles. The highest BCUT2D eigenvalue weighted by atomic mass is 16.3. The fourth-order valence-corrected chi connectivity index (χ4v) is 3.14. The first-order valence-electron chi connectivity index (χ1n) is 8.89. The molecule has 2 amide bonds. The summed E-state index contributed by atoms with van der Waals surface area (Å²) < 4.78 is 5.62. The molecular weight excluding hydrogens is 322 g/mol. The first-order chi connectivity index (χ1) is 11.9. The van der Waals surface area contributed by atoms with Gasteiger partial charge >= 0.3 is 0 Å². The topological polar surface area (TPSA) is 86.0 Å². The average Bonchev–Trinajstić information content (AvgIpc) is 2.96. The van der Waals surface area contributed by atoms with Gasteiger partial charge in [-0.2, -0.15) is 0 Å². The van der Waals surface area contributed by atoms with Gasteiger partial charge in [-0.05, 0) is 39.3 Å². The molecule has 7 heteroatoms. The Morgan fingerprint density at radius 1 is 1.48 bits per heavy atom. The number of piperazine rings is 1. The summed E-state index contributed by atoms with van der Waals surface area (Å²) in [4.78, 5) is 28.8. The lowest BCUT2D eigenvalue weighted by atomic mass is 10.1. The number of aliphatic hydroxyl groups is 1. The van der Waals surface area contributed by atoms with Gasteiger partial charge in [-0.25, -0.2) is 0 Å². The third-order valence-electron chi connectivity index (χ3n) is 4.47. The van der Waals surface area contributed by atoms with Crippen LogP contribution in [0.3, 0.4) is 0 Å². The quantitative estimate of drug-likeness (QED) is 0.727. The van der Waals surface area contributed by atoms with E-state index in [4.69, 9.17) is 9.52 Å². The van der Waals surface area contributed by atoms with Gasteiger partial charge in [-0.1, -0.05) is 0 Å². The summed E-state index contributed by atoms with van der Waals surface area (Å²) in [6.07, 6.45) is 0.672. The van der Waals surface area contributed by atoms with E-state index in [1.54, 1.807) is 4.90 Å². The number of hydrogen-bond acceptors (Lipinski definition) is 5. The summed E-state index contributed by atoms with van der Waals surface area (Å²) >= 11 is 0. The fourth-order valence-electron chi connectivity index (χ4n) is 3.14. The standard InChI is InChI=1S/C18H29N3O4/c1-13(2)21(8-4-10-22)17(23)11-16-18(24)19-7-9-20(16)12-15-6-5-14(3)25-15/h5-6,13,16,22H,4,7-12H2,1-3H3,(H,19,24). The van der Waals surface area contributed by atoms with Gasteiger partial charge in [-0.15, -0.1) is 0 Å². The minimum Gasteiger partial charge on any atom is -0.465 e. The van der Waals surface area contributed by atoms with E-state index in [1.807, 2.05) is 37.8 Å². The Morgan fingerprint density at radius 3 is 2.84 bits per heavy atom. The fraction of sp³-hybridized carbons (Fsp3) is 0.667. The number of aliphatic hydroxyl groups excluding tert-OH is 1. The van der Waals surface area contributed by atoms with Crippen molar-refractivity contribution in [3.05, 3.63) is 23.7 Å². The van der Waals surface area contributed by atoms with Gasteiger partial charge in [0.15, 0.2) is 0 Å². The predicted octanol–water partition coefficient (Wildman–Crippen LogP) is 0.898. The molecule has 2 rings (SSSR count). The second-order valence-electron chi connectivity index (χ2n) is 6.75. The molecule has 140 valence electrons. The number of carbonyl (C=O) groups is 2. The van der Waals surface area contributed by atoms with Crippen LogP contribution < -0.4 is 5.32 Å². The maximum Gasteiger partial charge on any atom is 0.237 e. The summed E-state index contributed by atoms with van der Waals surface area (Å²) in [5.41, 5.74) is 0. The van der Waals surface area contributed by atoms with Crippen molar-refractivity contribution in [2.45, 2.75) is 52.2 Å². The van der Waals surface area contributed by atoms with Crippen molar-refractivity contribution in [1.29, 1.82) is 0 Å². The summed E-state index contributed by atoms with van der Waals surface area (Å²) in [6, 6.07) is 3.34. The molecule has 1 aliphatic heterocycles. The van der Waals surface area contributed by atoms with Gasteiger partial charge < -0.3 is 19.7 Å². The number of nitrogens with one attached hydrogen (secondary N) is 1. The van der Waals surface area contributed by atoms with Crippen LogP contribution in [0, 0.1) is 6.92 Å². The van der Waals surface area contributed by atoms with Crippen LogP contribution in [0.2, 0.25) is 0 Å². The number of aryl methyl sites for hydroxylation is 1. The normalized spacial score (nSPS) is 18.4. The van der Waals surface area contributed by atoms with E-state index in [1.165, 1.54) is 0 Å². The van der Waals surface area contributed by atoms with Crippen molar-refractivity contribution < 1.29 is 19.1 Å². The van der Waals surface area contributed by atoms with Gasteiger partial charge in [0.1, 0.15) is 11.5 Å². The van der Waals surface area contributed by atoms with Crippen LogP contribution in [-0.2, 0) is 16.1 Å². The molecule has 1 saturated heterocycles. The molecule has 2 N–H and O–H groups in total. The maximum atomic E-state index is 12.7. The first-order valence-corrected chi connectivity index (χ1v) is 8.89. The van der Waals surface area contributed by atoms with E-state index in [9.17, 15) is 9.59 Å². The Balaban J connectivity index is 2.06. The zero-order valence-electron chi connectivity index (χ0n) is 15.3. The van der Waals surface area contributed by atoms with Crippen LogP contribution in [0.1, 0.15) is 38.2 Å². The molecule has 0 radical (unpaired) electrons. The molecule has 1 unspecified atom stereocenters. The molecule has 1 aromatic rings. The molecule has 25 heavy (non-hydrogen) atoms. The average molecular weight is 351 g/mol. The van der Waals surface area contributed by atoms with Gasteiger partial charge in [0, 0.05) is 32.3 Å². The van der Waals surface area contributed by atoms with E-state index in [-0.39, 0.29) is 30.9 Å². The molecule has 7 nitrogen and oxygen atoms in total. The van der Waals surface area contributed by atoms with Crippen LogP contribution in [-0.4, -0.2) is 65.0 Å². The molecule has 0 spiro atoms. The Bertz CT molecular complexity index is 585. The third-order valence-corrected chi connectivity index (χ3v) is 4.47. The van der Waals surface area contributed by atoms with Crippen LogP contribution in [0.5, 0.6) is 0 Å². The summed E-state index contributed by atoms with van der Waals surface area (Å²) in [7, 11) is 0. The predicted molar refractivity (Wildman–Crippen MR) is 93.8 cm³/mol. The van der Waals surface area contributed by atoms with Crippen LogP contribution in [0.15, 0.2) is 16.5 Å². The molecular formula is C18H29N3O4. The second-order valence-corrected chi connectivity index (χ2v) is 6.75. The maximum absolute atomic E-state index is 12.7. The SMILES string of the molecule is Cc1ccc(CN2CCNC(=O)C2CC(=O)N(CCCO)C(C)C)o1. The van der Waals surface area contributed by atoms with Gasteiger partial charge in [0.05, 0.1) is 19.0 Å². The van der Waals surface area contributed by atoms with E-state index < -0.39 is 6.04 Å². The van der Waals surface area contributed by atoms with Crippen molar-refractivity contribution in [1.82, 2.24) is 15.1 Å². The molecule has 0 bridgehead atoms. The number of furan rings is 1. The zero-order chi connectivity index (χ0) is 18.4. The van der Waals surface area contributed by atoms with Crippen molar-refractivity contribution in [2.24, 2.45) is 0 Å². The number of rotatable bonds is 8. The van der Waals surface area contributed by atoms with E-state index in [0.717, 1.165) is 11.5 Å². The van der Waals surface area contributed by atoms with Crippen LogP contribution in [0.4, 0.5) is 0 Å². The van der Waals surface area contributed by atoms with E-state index in [0.29, 0.717) is 32.6 Å². The van der Waals surface area contributed by atoms with E-state index >= 15 is 0 Å². The monoisotopic (exact) mass is 351 g/mol. The van der Waals surface area contributed by atoms with Crippen molar-refractivity contribution in [2.75, 3.05) is 26.2 Å². The molecule has 0 aromatic carbocycles. The van der Waals surface area contributed by atoms with Gasteiger partial charge in [0.25, 0.3) is 0 Å². The highest BCUT2D eigenvalue weighted by Crippen LogP contribution is 2.17. The molecule has 1 aromatic heterocycles. The lowest BCUT2D eigenvalue weighted by Gasteiger charge is -2.36. The summed E-state index contributed by atoms with van der Waals surface area (Å²) in [5.74, 6) is 1.45. The highest BCUT2D eigenvalue weighted by Gasteiger charge is 2.33. The van der Waals surface area contributed by atoms with Gasteiger partial charge in [0.2, 0.25) is 11.8 Å². The van der Waals surface area contributed by atoms with Crippen molar-refractivity contribution in [3.8, 4) is 0 Å². The molecule has 1 fully saturated rings. The largest absolute Gasteiger partial charge is 0.465 e. The lowest BCUT2D eigenvalue weighted by Crippen LogP contribution is -2.56. The molecule has 0 aliphatic carbocycles. The lowest BCUT2D eigenvalue weighted by molar-refractivity contribution is -0.140. The highest BCUT2D eigenvalue weighted by molar-refractivity contribution is 5.89. The molecule has 1 atom stereocenters. The minimum absolute atomic E-state index is 0.0341. The summed E-state index contributed by atoms with van der Waals surface area (Å²) in [5, 5.41) is 11.9. The third kappa shape index (κ3) is 5.31. The Kier molecular flexibility index (Phi) is 7.01. The van der Waals surface area contributed by atoms with Crippen molar-refractivity contribution in [3.63, 3.8) is 0 Å². The van der Waals surface area contributed by atoms with Crippen LogP contribution >= 0.6 is 0 Å².